The summed E-state index contributed by atoms with van der Waals surface area (Å²) in [6.45, 7) is 3.93. The van der Waals surface area contributed by atoms with E-state index in [1.54, 1.807) is 0 Å². The molecule has 0 fully saturated rings. The molecule has 1 rings (SSSR count). The van der Waals surface area contributed by atoms with Crippen LogP contribution in [0.25, 0.3) is 5.57 Å². The lowest BCUT2D eigenvalue weighted by Crippen LogP contribution is -2.18. The van der Waals surface area contributed by atoms with E-state index in [1.807, 2.05) is 30.3 Å². The summed E-state index contributed by atoms with van der Waals surface area (Å²) in [6.07, 6.45) is 0.565. The summed E-state index contributed by atoms with van der Waals surface area (Å²) in [7, 11) is 0. The van der Waals surface area contributed by atoms with Gasteiger partial charge in [0.15, 0.2) is 0 Å². The lowest BCUT2D eigenvalue weighted by molar-refractivity contribution is 0.174. The first kappa shape index (κ1) is 9.96. The van der Waals surface area contributed by atoms with Gasteiger partial charge < -0.3 is 10.8 Å². The molecule has 0 saturated heterocycles. The third-order valence-corrected chi connectivity index (χ3v) is 1.92. The van der Waals surface area contributed by atoms with E-state index in [2.05, 4.69) is 6.58 Å². The lowest BCUT2D eigenvalue weighted by Gasteiger charge is -2.07. The fourth-order valence-electron chi connectivity index (χ4n) is 1.14. The highest BCUT2D eigenvalue weighted by Crippen LogP contribution is 2.17. The molecule has 2 heteroatoms. The zero-order valence-corrected chi connectivity index (χ0v) is 7.61. The highest BCUT2D eigenvalue weighted by atomic mass is 16.3. The third kappa shape index (κ3) is 3.40. The number of benzene rings is 1. The number of nitrogens with two attached hydrogens (primary N) is 1. The van der Waals surface area contributed by atoms with Crippen LogP contribution in [0.4, 0.5) is 0 Å². The van der Waals surface area contributed by atoms with E-state index < -0.39 is 6.23 Å². The van der Waals surface area contributed by atoms with E-state index >= 15 is 0 Å². The maximum absolute atomic E-state index is 8.88. The average Bonchev–Trinajstić information content (AvgIpc) is 2.15. The van der Waals surface area contributed by atoms with Gasteiger partial charge in [-0.15, -0.1) is 0 Å². The summed E-state index contributed by atoms with van der Waals surface area (Å²) < 4.78 is 0. The molecule has 0 aliphatic rings. The first-order chi connectivity index (χ1) is 6.20. The third-order valence-electron chi connectivity index (χ3n) is 1.92. The largest absolute Gasteiger partial charge is 0.379 e. The van der Waals surface area contributed by atoms with Gasteiger partial charge in [0.25, 0.3) is 0 Å². The molecule has 1 unspecified atom stereocenters. The molecule has 0 spiro atoms. The van der Waals surface area contributed by atoms with E-state index in [4.69, 9.17) is 10.8 Å². The Morgan fingerprint density at radius 3 is 2.54 bits per heavy atom. The van der Waals surface area contributed by atoms with E-state index in [0.717, 1.165) is 17.6 Å². The molecular weight excluding hydrogens is 162 g/mol. The molecular formula is C11H15NO. The first-order valence-electron chi connectivity index (χ1n) is 4.37. The molecule has 70 valence electrons. The Morgan fingerprint density at radius 2 is 2.00 bits per heavy atom. The molecule has 3 N–H and O–H groups in total. The van der Waals surface area contributed by atoms with Crippen LogP contribution < -0.4 is 5.73 Å². The van der Waals surface area contributed by atoms with Gasteiger partial charge in [-0.25, -0.2) is 0 Å². The van der Waals surface area contributed by atoms with Crippen LogP contribution in [0.15, 0.2) is 36.9 Å². The lowest BCUT2D eigenvalue weighted by atomic mass is 10.0. The maximum Gasteiger partial charge on any atom is 0.102 e. The van der Waals surface area contributed by atoms with Crippen molar-refractivity contribution in [2.45, 2.75) is 19.1 Å². The second-order valence-corrected chi connectivity index (χ2v) is 3.08. The molecule has 0 aliphatic heterocycles. The van der Waals surface area contributed by atoms with Gasteiger partial charge >= 0.3 is 0 Å². The van der Waals surface area contributed by atoms with Crippen LogP contribution in [-0.2, 0) is 0 Å². The molecule has 0 amide bonds. The summed E-state index contributed by atoms with van der Waals surface area (Å²) in [5, 5.41) is 8.88. The Morgan fingerprint density at radius 1 is 1.38 bits per heavy atom. The van der Waals surface area contributed by atoms with Crippen LogP contribution >= 0.6 is 0 Å². The molecule has 0 bridgehead atoms. The smallest absolute Gasteiger partial charge is 0.102 e. The van der Waals surface area contributed by atoms with Gasteiger partial charge in [-0.05, 0) is 24.0 Å². The van der Waals surface area contributed by atoms with Crippen LogP contribution in [0.1, 0.15) is 18.4 Å². The summed E-state index contributed by atoms with van der Waals surface area (Å²) in [5.74, 6) is 0. The molecule has 0 aromatic heterocycles. The Hall–Kier alpha value is -1.12. The number of allylic oxidation sites excluding steroid dienone is 1. The summed E-state index contributed by atoms with van der Waals surface area (Å²) in [4.78, 5) is 0. The van der Waals surface area contributed by atoms with Gasteiger partial charge in [-0.1, -0.05) is 36.9 Å². The summed E-state index contributed by atoms with van der Waals surface area (Å²) >= 11 is 0. The first-order valence-corrected chi connectivity index (χ1v) is 4.37. The van der Waals surface area contributed by atoms with Gasteiger partial charge in [-0.3, -0.25) is 0 Å². The number of aliphatic hydroxyl groups excluding tert-OH is 1. The second-order valence-electron chi connectivity index (χ2n) is 3.08. The quantitative estimate of drug-likeness (QED) is 0.688. The number of rotatable bonds is 4. The predicted molar refractivity (Wildman–Crippen MR) is 54.9 cm³/mol. The Kier molecular flexibility index (Phi) is 3.68. The SMILES string of the molecule is C=C(CCC(N)O)c1ccccc1. The van der Waals surface area contributed by atoms with Crippen LogP contribution in [0.2, 0.25) is 0 Å². The minimum atomic E-state index is -0.736. The van der Waals surface area contributed by atoms with E-state index in [-0.39, 0.29) is 0 Å². The van der Waals surface area contributed by atoms with Crippen molar-refractivity contribution < 1.29 is 5.11 Å². The van der Waals surface area contributed by atoms with Crippen molar-refractivity contribution in [3.63, 3.8) is 0 Å². The fraction of sp³-hybridized carbons (Fsp3) is 0.273. The second kappa shape index (κ2) is 4.80. The molecule has 0 radical (unpaired) electrons. The monoisotopic (exact) mass is 177 g/mol. The molecule has 0 aliphatic carbocycles. The number of hydrogen-bond acceptors (Lipinski definition) is 2. The van der Waals surface area contributed by atoms with Gasteiger partial charge in [0.2, 0.25) is 0 Å². The fourth-order valence-corrected chi connectivity index (χ4v) is 1.14. The minimum Gasteiger partial charge on any atom is -0.379 e. The van der Waals surface area contributed by atoms with Crippen molar-refractivity contribution in [2.75, 3.05) is 0 Å². The molecule has 13 heavy (non-hydrogen) atoms. The molecule has 0 heterocycles. The zero-order valence-electron chi connectivity index (χ0n) is 7.61. The predicted octanol–water partition coefficient (Wildman–Crippen LogP) is 1.76. The van der Waals surface area contributed by atoms with Gasteiger partial charge in [0.05, 0.1) is 0 Å². The number of aliphatic hydroxyl groups is 1. The Bertz CT molecular complexity index is 267. The highest BCUT2D eigenvalue weighted by molar-refractivity contribution is 5.62. The summed E-state index contributed by atoms with van der Waals surface area (Å²) in [5.41, 5.74) is 7.37. The molecule has 2 nitrogen and oxygen atoms in total. The van der Waals surface area contributed by atoms with Crippen LogP contribution in [0.5, 0.6) is 0 Å². The van der Waals surface area contributed by atoms with Crippen molar-refractivity contribution in [1.29, 1.82) is 0 Å². The van der Waals surface area contributed by atoms with Crippen molar-refractivity contribution >= 4 is 5.57 Å². The molecule has 0 saturated carbocycles. The number of hydrogen-bond donors (Lipinski definition) is 2. The van der Waals surface area contributed by atoms with E-state index in [0.29, 0.717) is 6.42 Å². The topological polar surface area (TPSA) is 46.2 Å². The summed E-state index contributed by atoms with van der Waals surface area (Å²) in [6, 6.07) is 9.92. The van der Waals surface area contributed by atoms with Crippen LogP contribution in [0, 0.1) is 0 Å². The van der Waals surface area contributed by atoms with Crippen molar-refractivity contribution in [1.82, 2.24) is 0 Å². The van der Waals surface area contributed by atoms with E-state index in [9.17, 15) is 0 Å². The zero-order chi connectivity index (χ0) is 9.68. The van der Waals surface area contributed by atoms with Crippen LogP contribution in [0.3, 0.4) is 0 Å². The maximum atomic E-state index is 8.88. The highest BCUT2D eigenvalue weighted by Gasteiger charge is 2.00. The molecule has 1 aromatic carbocycles. The molecule has 1 aromatic rings. The average molecular weight is 177 g/mol. The molecule has 1 atom stereocenters. The van der Waals surface area contributed by atoms with E-state index in [1.165, 1.54) is 0 Å². The van der Waals surface area contributed by atoms with Gasteiger partial charge in [0, 0.05) is 0 Å². The van der Waals surface area contributed by atoms with Gasteiger partial charge in [-0.2, -0.15) is 0 Å². The minimum absolute atomic E-state index is 0.563. The normalized spacial score (nSPS) is 12.5. The van der Waals surface area contributed by atoms with Crippen molar-refractivity contribution in [2.24, 2.45) is 5.73 Å². The standard InChI is InChI=1S/C11H15NO/c1-9(7-8-11(12)13)10-5-3-2-4-6-10/h2-6,11,13H,1,7-8,12H2. The Labute approximate surface area is 78.7 Å². The Balaban J connectivity index is 2.50. The van der Waals surface area contributed by atoms with Crippen molar-refractivity contribution in [3.8, 4) is 0 Å². The van der Waals surface area contributed by atoms with Gasteiger partial charge in [0.1, 0.15) is 6.23 Å². The van der Waals surface area contributed by atoms with Crippen molar-refractivity contribution in [3.05, 3.63) is 42.5 Å². The van der Waals surface area contributed by atoms with Crippen LogP contribution in [-0.4, -0.2) is 11.3 Å².